The van der Waals surface area contributed by atoms with Crippen molar-refractivity contribution >= 4 is 17.1 Å². The summed E-state index contributed by atoms with van der Waals surface area (Å²) in [6.07, 6.45) is 12.2. The molecule has 0 amide bonds. The molecule has 1 aromatic heterocycles. The Morgan fingerprint density at radius 1 is 1.06 bits per heavy atom. The molecule has 1 atom stereocenters. The molecule has 0 spiro atoms. The molecule has 2 aliphatic heterocycles. The number of benzene rings is 1. The molecular formula is C30H40FN5. The Hall–Kier alpha value is -2.44. The first-order chi connectivity index (χ1) is 17.6. The van der Waals surface area contributed by atoms with Crippen molar-refractivity contribution in [2.24, 2.45) is 0 Å². The van der Waals surface area contributed by atoms with Crippen LogP contribution in [-0.2, 0) is 6.54 Å². The minimum absolute atomic E-state index is 0.0496. The van der Waals surface area contributed by atoms with E-state index in [2.05, 4.69) is 39.8 Å². The van der Waals surface area contributed by atoms with Crippen LogP contribution in [-0.4, -0.2) is 59.6 Å². The van der Waals surface area contributed by atoms with Gasteiger partial charge in [-0.2, -0.15) is 0 Å². The number of halogens is 1. The van der Waals surface area contributed by atoms with Crippen molar-refractivity contribution in [3.05, 3.63) is 59.0 Å². The van der Waals surface area contributed by atoms with Crippen LogP contribution in [0.3, 0.4) is 0 Å². The lowest BCUT2D eigenvalue weighted by Gasteiger charge is -2.48. The maximum Gasteiger partial charge on any atom is 0.132 e. The van der Waals surface area contributed by atoms with Crippen molar-refractivity contribution in [2.75, 3.05) is 43.4 Å². The topological polar surface area (TPSA) is 48.6 Å². The number of pyridine rings is 1. The Morgan fingerprint density at radius 3 is 2.53 bits per heavy atom. The van der Waals surface area contributed by atoms with E-state index in [-0.39, 0.29) is 5.82 Å². The van der Waals surface area contributed by atoms with Crippen molar-refractivity contribution in [3.63, 3.8) is 0 Å². The van der Waals surface area contributed by atoms with E-state index < -0.39 is 0 Å². The van der Waals surface area contributed by atoms with Crippen LogP contribution in [0.2, 0.25) is 0 Å². The van der Waals surface area contributed by atoms with E-state index in [9.17, 15) is 4.39 Å². The molecule has 3 heterocycles. The zero-order valence-corrected chi connectivity index (χ0v) is 21.6. The van der Waals surface area contributed by atoms with Crippen molar-refractivity contribution in [2.45, 2.75) is 76.4 Å². The number of rotatable bonds is 7. The first-order valence-electron chi connectivity index (χ1n) is 14.1. The van der Waals surface area contributed by atoms with Gasteiger partial charge < -0.3 is 10.6 Å². The van der Waals surface area contributed by atoms with Crippen LogP contribution in [0.5, 0.6) is 0 Å². The summed E-state index contributed by atoms with van der Waals surface area (Å²) in [7, 11) is 0. The first kappa shape index (κ1) is 23.9. The quantitative estimate of drug-likeness (QED) is 0.563. The van der Waals surface area contributed by atoms with E-state index in [1.807, 2.05) is 12.3 Å². The average Bonchev–Trinajstić information content (AvgIpc) is 3.70. The normalized spacial score (nSPS) is 24.0. The Kier molecular flexibility index (Phi) is 6.74. The number of piperazine rings is 1. The van der Waals surface area contributed by atoms with Crippen LogP contribution in [0, 0.1) is 5.82 Å². The second-order valence-electron chi connectivity index (χ2n) is 11.3. The van der Waals surface area contributed by atoms with Gasteiger partial charge in [0.2, 0.25) is 0 Å². The van der Waals surface area contributed by atoms with Gasteiger partial charge in [0.1, 0.15) is 11.6 Å². The molecule has 36 heavy (non-hydrogen) atoms. The largest absolute Gasteiger partial charge is 0.397 e. The minimum atomic E-state index is -0.0496. The third-order valence-electron chi connectivity index (χ3n) is 8.88. The summed E-state index contributed by atoms with van der Waals surface area (Å²) in [6, 6.07) is 9.17. The lowest BCUT2D eigenvalue weighted by atomic mass is 9.91. The van der Waals surface area contributed by atoms with Gasteiger partial charge in [0.15, 0.2) is 0 Å². The Labute approximate surface area is 215 Å². The van der Waals surface area contributed by atoms with Crippen LogP contribution in [0.1, 0.15) is 74.5 Å². The number of likely N-dealkylation sites (tertiary alicyclic amines) is 1. The zero-order chi connectivity index (χ0) is 24.6. The summed E-state index contributed by atoms with van der Waals surface area (Å²) in [6.45, 7) is 8.28. The fraction of sp³-hybridized carbons (Fsp3) is 0.567. The molecule has 2 aromatic rings. The highest BCUT2D eigenvalue weighted by Gasteiger charge is 2.36. The Morgan fingerprint density at radius 2 is 1.86 bits per heavy atom. The van der Waals surface area contributed by atoms with Crippen molar-refractivity contribution < 1.29 is 4.39 Å². The van der Waals surface area contributed by atoms with E-state index in [0.717, 1.165) is 88.2 Å². The molecule has 4 aliphatic rings. The van der Waals surface area contributed by atoms with Crippen LogP contribution in [0.25, 0.3) is 5.57 Å². The number of nitrogens with two attached hydrogens (primary N) is 1. The second kappa shape index (κ2) is 10.1. The number of nitrogens with zero attached hydrogens (tertiary/aromatic N) is 4. The average molecular weight is 490 g/mol. The van der Waals surface area contributed by atoms with E-state index in [4.69, 9.17) is 10.7 Å². The monoisotopic (exact) mass is 489 g/mol. The first-order valence-corrected chi connectivity index (χ1v) is 14.1. The molecular weight excluding hydrogens is 449 g/mol. The van der Waals surface area contributed by atoms with Gasteiger partial charge in [0, 0.05) is 43.8 Å². The molecule has 192 valence electrons. The van der Waals surface area contributed by atoms with Gasteiger partial charge in [0.05, 0.1) is 11.9 Å². The molecule has 5 nitrogen and oxygen atoms in total. The van der Waals surface area contributed by atoms with Gasteiger partial charge in [-0.25, -0.2) is 9.37 Å². The molecule has 0 bridgehead atoms. The minimum Gasteiger partial charge on any atom is -0.397 e. The number of allylic oxidation sites excluding steroid dienone is 2. The number of hydrogen-bond donors (Lipinski definition) is 1. The smallest absolute Gasteiger partial charge is 0.132 e. The van der Waals surface area contributed by atoms with Crippen molar-refractivity contribution in [1.82, 2.24) is 14.8 Å². The molecule has 2 saturated heterocycles. The fourth-order valence-electron chi connectivity index (χ4n) is 6.43. The second-order valence-corrected chi connectivity index (χ2v) is 11.3. The van der Waals surface area contributed by atoms with Gasteiger partial charge >= 0.3 is 0 Å². The number of nitrogen functional groups attached to an aromatic ring is 1. The van der Waals surface area contributed by atoms with Crippen LogP contribution in [0.15, 0.2) is 36.5 Å². The summed E-state index contributed by atoms with van der Waals surface area (Å²) in [5.74, 6) is 1.77. The molecule has 2 aliphatic carbocycles. The van der Waals surface area contributed by atoms with Gasteiger partial charge in [-0.3, -0.25) is 9.80 Å². The Balaban J connectivity index is 1.05. The zero-order valence-electron chi connectivity index (χ0n) is 21.6. The van der Waals surface area contributed by atoms with E-state index >= 15 is 0 Å². The van der Waals surface area contributed by atoms with Gasteiger partial charge in [-0.1, -0.05) is 25.1 Å². The highest BCUT2D eigenvalue weighted by atomic mass is 19.1. The summed E-state index contributed by atoms with van der Waals surface area (Å²) >= 11 is 0. The third kappa shape index (κ3) is 4.90. The predicted octanol–water partition coefficient (Wildman–Crippen LogP) is 5.42. The maximum atomic E-state index is 14.8. The fourth-order valence-corrected chi connectivity index (χ4v) is 6.43. The molecule has 0 radical (unpaired) electrons. The summed E-state index contributed by atoms with van der Waals surface area (Å²) < 4.78 is 14.8. The summed E-state index contributed by atoms with van der Waals surface area (Å²) in [4.78, 5) is 12.5. The van der Waals surface area contributed by atoms with Crippen LogP contribution >= 0.6 is 0 Å². The van der Waals surface area contributed by atoms with Gasteiger partial charge in [-0.05, 0) is 92.8 Å². The number of hydrogen-bond acceptors (Lipinski definition) is 5. The van der Waals surface area contributed by atoms with Crippen LogP contribution < -0.4 is 10.6 Å². The predicted molar refractivity (Wildman–Crippen MR) is 146 cm³/mol. The molecule has 1 saturated carbocycles. The lowest BCUT2D eigenvalue weighted by molar-refractivity contribution is 0.0607. The number of aromatic nitrogens is 1. The molecule has 6 rings (SSSR count). The molecule has 3 fully saturated rings. The third-order valence-corrected chi connectivity index (χ3v) is 8.88. The van der Waals surface area contributed by atoms with E-state index in [1.54, 1.807) is 6.07 Å². The van der Waals surface area contributed by atoms with Crippen LogP contribution in [0.4, 0.5) is 15.9 Å². The molecule has 0 unspecified atom stereocenters. The molecule has 1 aromatic carbocycles. The number of piperidine rings is 1. The van der Waals surface area contributed by atoms with E-state index in [0.29, 0.717) is 18.0 Å². The molecule has 2 N–H and O–H groups in total. The Bertz CT molecular complexity index is 1120. The molecule has 6 heteroatoms. The summed E-state index contributed by atoms with van der Waals surface area (Å²) in [5.41, 5.74) is 11.4. The summed E-state index contributed by atoms with van der Waals surface area (Å²) in [5, 5.41) is 0. The highest BCUT2D eigenvalue weighted by molar-refractivity contribution is 5.70. The van der Waals surface area contributed by atoms with Gasteiger partial charge in [0.25, 0.3) is 0 Å². The van der Waals surface area contributed by atoms with Crippen molar-refractivity contribution in [1.29, 1.82) is 0 Å². The van der Waals surface area contributed by atoms with Crippen molar-refractivity contribution in [3.8, 4) is 0 Å². The van der Waals surface area contributed by atoms with E-state index in [1.165, 1.54) is 29.8 Å². The lowest BCUT2D eigenvalue weighted by Crippen LogP contribution is -2.58. The SMILES string of the molecule is CC[C@H]1CN(c2ncc(N)cc2C2CC2)CCN1C1CCN(Cc2ccc(C3=CCC3)cc2F)CC1. The standard InChI is InChI=1S/C30H40FN5/c1-2-26-20-35(30-28(22-6-7-22)17-25(32)18-33-30)14-15-36(26)27-10-12-34(13-11-27)19-24-9-8-23(16-29(24)31)21-4-3-5-21/h4,8-9,16-18,22,26-27H,2-3,5-7,10-15,19-20,32H2,1H3/t26-/m0/s1. The van der Waals surface area contributed by atoms with Gasteiger partial charge in [-0.15, -0.1) is 0 Å². The number of anilines is 2. The maximum absolute atomic E-state index is 14.8. The highest BCUT2D eigenvalue weighted by Crippen LogP contribution is 2.44.